The van der Waals surface area contributed by atoms with Crippen molar-refractivity contribution in [3.8, 4) is 22.3 Å². The highest BCUT2D eigenvalue weighted by molar-refractivity contribution is 6.40. The Balaban J connectivity index is 2.08. The molecule has 0 fully saturated rings. The first-order chi connectivity index (χ1) is 10.6. The maximum Gasteiger partial charge on any atom is 0.0499 e. The highest BCUT2D eigenvalue weighted by Gasteiger charge is 2.11. The summed E-state index contributed by atoms with van der Waals surface area (Å²) in [7, 11) is 0. The van der Waals surface area contributed by atoms with Crippen LogP contribution in [0.3, 0.4) is 0 Å². The molecule has 0 aliphatic carbocycles. The molecule has 0 atom stereocenters. The molecule has 22 heavy (non-hydrogen) atoms. The Morgan fingerprint density at radius 2 is 0.682 bits per heavy atom. The van der Waals surface area contributed by atoms with Gasteiger partial charge in [0.05, 0.1) is 0 Å². The van der Waals surface area contributed by atoms with Crippen molar-refractivity contribution in [2.75, 3.05) is 0 Å². The second-order valence-corrected chi connectivity index (χ2v) is 6.40. The molecule has 3 aromatic rings. The molecule has 0 spiro atoms. The number of benzene rings is 3. The van der Waals surface area contributed by atoms with Crippen molar-refractivity contribution in [1.82, 2.24) is 0 Å². The zero-order valence-electron chi connectivity index (χ0n) is 11.3. The second kappa shape index (κ2) is 6.52. The minimum atomic E-state index is 0.621. The van der Waals surface area contributed by atoms with Crippen molar-refractivity contribution >= 4 is 46.4 Å². The van der Waals surface area contributed by atoms with Crippen LogP contribution in [0.4, 0.5) is 0 Å². The lowest BCUT2D eigenvalue weighted by Crippen LogP contribution is -1.84. The molecule has 0 unspecified atom stereocenters. The van der Waals surface area contributed by atoms with Gasteiger partial charge in [0.15, 0.2) is 0 Å². The number of rotatable bonds is 2. The van der Waals surface area contributed by atoms with Gasteiger partial charge < -0.3 is 0 Å². The highest BCUT2D eigenvalue weighted by atomic mass is 35.5. The van der Waals surface area contributed by atoms with E-state index in [1.54, 1.807) is 0 Å². The third-order valence-corrected chi connectivity index (χ3v) is 4.65. The fraction of sp³-hybridized carbons (Fsp3) is 0. The molecule has 4 heteroatoms. The normalized spacial score (nSPS) is 10.7. The van der Waals surface area contributed by atoms with Crippen LogP contribution in [0.15, 0.2) is 60.7 Å². The zero-order valence-corrected chi connectivity index (χ0v) is 14.3. The number of halogens is 4. The Kier molecular flexibility index (Phi) is 4.65. The average molecular weight is 368 g/mol. The van der Waals surface area contributed by atoms with Crippen molar-refractivity contribution in [2.24, 2.45) is 0 Å². The first-order valence-electron chi connectivity index (χ1n) is 6.57. The van der Waals surface area contributed by atoms with Crippen LogP contribution in [0.2, 0.25) is 20.1 Å². The molecule has 0 aliphatic rings. The topological polar surface area (TPSA) is 0 Å². The molecule has 0 saturated heterocycles. The van der Waals surface area contributed by atoms with E-state index in [4.69, 9.17) is 46.4 Å². The van der Waals surface area contributed by atoms with Crippen LogP contribution in [-0.4, -0.2) is 0 Å². The Bertz CT molecular complexity index is 712. The van der Waals surface area contributed by atoms with Crippen LogP contribution in [0.1, 0.15) is 0 Å². The van der Waals surface area contributed by atoms with Crippen LogP contribution < -0.4 is 0 Å². The van der Waals surface area contributed by atoms with Crippen molar-refractivity contribution in [3.05, 3.63) is 80.8 Å². The maximum atomic E-state index is 6.24. The Morgan fingerprint density at radius 3 is 0.955 bits per heavy atom. The summed E-state index contributed by atoms with van der Waals surface area (Å²) < 4.78 is 0. The molecule has 0 aromatic heterocycles. The zero-order chi connectivity index (χ0) is 15.7. The van der Waals surface area contributed by atoms with Gasteiger partial charge in [0.2, 0.25) is 0 Å². The fourth-order valence-electron chi connectivity index (χ4n) is 2.35. The molecule has 0 saturated carbocycles. The molecular weight excluding hydrogens is 358 g/mol. The highest BCUT2D eigenvalue weighted by Crippen LogP contribution is 2.38. The lowest BCUT2D eigenvalue weighted by atomic mass is 10.00. The summed E-state index contributed by atoms with van der Waals surface area (Å²) in [4.78, 5) is 0. The molecule has 0 bridgehead atoms. The van der Waals surface area contributed by atoms with Crippen LogP contribution >= 0.6 is 46.4 Å². The maximum absolute atomic E-state index is 6.24. The van der Waals surface area contributed by atoms with Crippen molar-refractivity contribution in [1.29, 1.82) is 0 Å². The summed E-state index contributed by atoms with van der Waals surface area (Å²) in [5, 5.41) is 2.49. The standard InChI is InChI=1S/C18H10Cl4/c19-13-3-1-4-14(20)17(13)11-7-9-12(10-8-11)18-15(21)5-2-6-16(18)22/h1-10H. The molecule has 0 amide bonds. The largest absolute Gasteiger partial charge is 0.0836 e. The van der Waals surface area contributed by atoms with Crippen molar-refractivity contribution in [2.45, 2.75) is 0 Å². The SMILES string of the molecule is Clc1cccc(Cl)c1-c1ccc(-c2c(Cl)cccc2Cl)cc1. The summed E-state index contributed by atoms with van der Waals surface area (Å²) >= 11 is 25.0. The quantitative estimate of drug-likeness (QED) is 0.436. The van der Waals surface area contributed by atoms with Gasteiger partial charge in [-0.05, 0) is 35.4 Å². The van der Waals surface area contributed by atoms with Crippen LogP contribution in [0, 0.1) is 0 Å². The monoisotopic (exact) mass is 366 g/mol. The summed E-state index contributed by atoms with van der Waals surface area (Å²) in [5.41, 5.74) is 3.54. The Hall–Kier alpha value is -1.18. The predicted molar refractivity (Wildman–Crippen MR) is 97.4 cm³/mol. The molecule has 110 valence electrons. The van der Waals surface area contributed by atoms with Crippen LogP contribution in [-0.2, 0) is 0 Å². The molecule has 0 nitrogen and oxygen atoms in total. The van der Waals surface area contributed by atoms with Crippen LogP contribution in [0.5, 0.6) is 0 Å². The van der Waals surface area contributed by atoms with Crippen LogP contribution in [0.25, 0.3) is 22.3 Å². The average Bonchev–Trinajstić information content (AvgIpc) is 2.48. The van der Waals surface area contributed by atoms with Gasteiger partial charge in [-0.3, -0.25) is 0 Å². The van der Waals surface area contributed by atoms with Gasteiger partial charge in [-0.1, -0.05) is 82.8 Å². The third kappa shape index (κ3) is 2.98. The lowest BCUT2D eigenvalue weighted by molar-refractivity contribution is 1.59. The van der Waals surface area contributed by atoms with E-state index >= 15 is 0 Å². The Labute approximate surface area is 149 Å². The molecule has 0 aliphatic heterocycles. The first-order valence-corrected chi connectivity index (χ1v) is 8.08. The molecule has 3 aromatic carbocycles. The van der Waals surface area contributed by atoms with Gasteiger partial charge in [0, 0.05) is 31.2 Å². The van der Waals surface area contributed by atoms with E-state index in [1.807, 2.05) is 60.7 Å². The predicted octanol–water partition coefficient (Wildman–Crippen LogP) is 7.63. The van der Waals surface area contributed by atoms with Gasteiger partial charge in [-0.15, -0.1) is 0 Å². The van der Waals surface area contributed by atoms with E-state index in [9.17, 15) is 0 Å². The summed E-state index contributed by atoms with van der Waals surface area (Å²) in [6.45, 7) is 0. The molecular formula is C18H10Cl4. The number of hydrogen-bond acceptors (Lipinski definition) is 0. The van der Waals surface area contributed by atoms with E-state index in [2.05, 4.69) is 0 Å². The second-order valence-electron chi connectivity index (χ2n) is 4.77. The smallest absolute Gasteiger partial charge is 0.0499 e. The minimum absolute atomic E-state index is 0.621. The molecule has 3 rings (SSSR count). The van der Waals surface area contributed by atoms with E-state index in [0.29, 0.717) is 20.1 Å². The van der Waals surface area contributed by atoms with E-state index < -0.39 is 0 Å². The summed E-state index contributed by atoms with van der Waals surface area (Å²) in [6.07, 6.45) is 0. The third-order valence-electron chi connectivity index (χ3n) is 3.39. The van der Waals surface area contributed by atoms with Gasteiger partial charge in [-0.25, -0.2) is 0 Å². The first kappa shape index (κ1) is 15.7. The Morgan fingerprint density at radius 1 is 0.409 bits per heavy atom. The minimum Gasteiger partial charge on any atom is -0.0836 e. The van der Waals surface area contributed by atoms with Gasteiger partial charge in [0.1, 0.15) is 0 Å². The van der Waals surface area contributed by atoms with Crippen molar-refractivity contribution < 1.29 is 0 Å². The lowest BCUT2D eigenvalue weighted by Gasteiger charge is -2.10. The van der Waals surface area contributed by atoms with E-state index in [1.165, 1.54) is 0 Å². The fourth-order valence-corrected chi connectivity index (χ4v) is 3.58. The summed E-state index contributed by atoms with van der Waals surface area (Å²) in [6, 6.07) is 18.8. The summed E-state index contributed by atoms with van der Waals surface area (Å²) in [5.74, 6) is 0. The van der Waals surface area contributed by atoms with Gasteiger partial charge in [0.25, 0.3) is 0 Å². The van der Waals surface area contributed by atoms with E-state index in [0.717, 1.165) is 22.3 Å². The molecule has 0 heterocycles. The van der Waals surface area contributed by atoms with Crippen molar-refractivity contribution in [3.63, 3.8) is 0 Å². The molecule has 0 radical (unpaired) electrons. The van der Waals surface area contributed by atoms with Gasteiger partial charge >= 0.3 is 0 Å². The van der Waals surface area contributed by atoms with Gasteiger partial charge in [-0.2, -0.15) is 0 Å². The molecule has 0 N–H and O–H groups in total. The van der Waals surface area contributed by atoms with E-state index in [-0.39, 0.29) is 0 Å². The number of hydrogen-bond donors (Lipinski definition) is 0.